The molecular weight excluding hydrogens is 316 g/mol. The number of methoxy groups -OCH3 is 1. The summed E-state index contributed by atoms with van der Waals surface area (Å²) in [6, 6.07) is 8.34. The van der Waals surface area contributed by atoms with Crippen LogP contribution in [-0.2, 0) is 9.47 Å². The van der Waals surface area contributed by atoms with Crippen molar-refractivity contribution in [2.75, 3.05) is 59.7 Å². The molecule has 0 aromatic heterocycles. The molecule has 2 unspecified atom stereocenters. The van der Waals surface area contributed by atoms with E-state index in [1.54, 1.807) is 7.11 Å². The summed E-state index contributed by atoms with van der Waals surface area (Å²) in [5.74, 6) is 7.69. The second-order valence-electron chi connectivity index (χ2n) is 6.46. The van der Waals surface area contributed by atoms with E-state index in [9.17, 15) is 0 Å². The minimum absolute atomic E-state index is 0.167. The normalized spacial score (nSPS) is 24.4. The van der Waals surface area contributed by atoms with Crippen molar-refractivity contribution < 1.29 is 14.2 Å². The van der Waals surface area contributed by atoms with E-state index in [4.69, 9.17) is 14.2 Å². The Hall–Kier alpha value is -1.58. The predicted molar refractivity (Wildman–Crippen MR) is 98.0 cm³/mol. The van der Waals surface area contributed by atoms with Crippen molar-refractivity contribution in [3.05, 3.63) is 29.8 Å². The number of nitrogens with zero attached hydrogens (tertiary/aromatic N) is 1. The van der Waals surface area contributed by atoms with Crippen LogP contribution >= 0.6 is 0 Å². The van der Waals surface area contributed by atoms with E-state index in [-0.39, 0.29) is 6.10 Å². The molecule has 0 aliphatic carbocycles. The molecule has 0 bridgehead atoms. The lowest BCUT2D eigenvalue weighted by atomic mass is 9.88. The number of hydrogen-bond donors (Lipinski definition) is 1. The molecule has 1 aromatic rings. The fourth-order valence-corrected chi connectivity index (χ4v) is 3.36. The molecule has 3 rings (SSSR count). The van der Waals surface area contributed by atoms with E-state index in [1.807, 2.05) is 12.1 Å². The highest BCUT2D eigenvalue weighted by Crippen LogP contribution is 2.28. The fraction of sp³-hybridized carbons (Fsp3) is 0.600. The minimum Gasteiger partial charge on any atom is -0.497 e. The molecule has 0 radical (unpaired) electrons. The lowest BCUT2D eigenvalue weighted by molar-refractivity contribution is 0.0412. The topological polar surface area (TPSA) is 43.0 Å². The average Bonchev–Trinajstić information content (AvgIpc) is 2.69. The maximum atomic E-state index is 6.09. The molecule has 5 heteroatoms. The molecule has 5 nitrogen and oxygen atoms in total. The van der Waals surface area contributed by atoms with E-state index in [0.29, 0.717) is 12.5 Å². The number of morpholine rings is 1. The van der Waals surface area contributed by atoms with Crippen LogP contribution in [0.2, 0.25) is 0 Å². The monoisotopic (exact) mass is 344 g/mol. The zero-order valence-electron chi connectivity index (χ0n) is 15.0. The van der Waals surface area contributed by atoms with Crippen molar-refractivity contribution in [2.24, 2.45) is 0 Å². The summed E-state index contributed by atoms with van der Waals surface area (Å²) in [6.07, 6.45) is 1.25. The van der Waals surface area contributed by atoms with E-state index in [0.717, 1.165) is 58.1 Å². The number of benzene rings is 1. The van der Waals surface area contributed by atoms with Crippen LogP contribution in [0.1, 0.15) is 17.9 Å². The molecule has 136 valence electrons. The van der Waals surface area contributed by atoms with Crippen LogP contribution in [0, 0.1) is 11.8 Å². The molecule has 0 amide bonds. The maximum absolute atomic E-state index is 6.09. The lowest BCUT2D eigenvalue weighted by Gasteiger charge is -2.32. The number of piperidine rings is 1. The van der Waals surface area contributed by atoms with Crippen LogP contribution in [-0.4, -0.2) is 70.7 Å². The zero-order chi connectivity index (χ0) is 17.3. The summed E-state index contributed by atoms with van der Waals surface area (Å²) in [5, 5.41) is 3.43. The summed E-state index contributed by atoms with van der Waals surface area (Å²) < 4.78 is 16.7. The zero-order valence-corrected chi connectivity index (χ0v) is 15.0. The SMILES string of the molecule is COc1ccc(C2CCNCC2OCC#CCN2CCOCC2)cc1. The van der Waals surface area contributed by atoms with Gasteiger partial charge in [-0.2, -0.15) is 0 Å². The first-order chi connectivity index (χ1) is 12.4. The summed E-state index contributed by atoms with van der Waals surface area (Å²) in [5.41, 5.74) is 1.31. The molecule has 0 spiro atoms. The first-order valence-electron chi connectivity index (χ1n) is 9.09. The van der Waals surface area contributed by atoms with Gasteiger partial charge in [0.1, 0.15) is 12.4 Å². The van der Waals surface area contributed by atoms with E-state index in [1.165, 1.54) is 5.56 Å². The van der Waals surface area contributed by atoms with Crippen molar-refractivity contribution in [1.29, 1.82) is 0 Å². The third kappa shape index (κ3) is 5.45. The van der Waals surface area contributed by atoms with Crippen molar-refractivity contribution in [2.45, 2.75) is 18.4 Å². The van der Waals surface area contributed by atoms with Gasteiger partial charge in [0.2, 0.25) is 0 Å². The molecule has 2 aliphatic heterocycles. The van der Waals surface area contributed by atoms with Crippen LogP contribution in [0.3, 0.4) is 0 Å². The number of rotatable bonds is 5. The van der Waals surface area contributed by atoms with Gasteiger partial charge in [0, 0.05) is 25.6 Å². The van der Waals surface area contributed by atoms with Crippen LogP contribution in [0.25, 0.3) is 0 Å². The molecule has 2 heterocycles. The van der Waals surface area contributed by atoms with Gasteiger partial charge < -0.3 is 19.5 Å². The van der Waals surface area contributed by atoms with Crippen LogP contribution in [0.4, 0.5) is 0 Å². The molecule has 25 heavy (non-hydrogen) atoms. The first-order valence-corrected chi connectivity index (χ1v) is 9.09. The summed E-state index contributed by atoms with van der Waals surface area (Å²) in [6.45, 7) is 6.77. The number of nitrogens with one attached hydrogen (secondary N) is 1. The third-order valence-corrected chi connectivity index (χ3v) is 4.87. The summed E-state index contributed by atoms with van der Waals surface area (Å²) >= 11 is 0. The highest BCUT2D eigenvalue weighted by Gasteiger charge is 2.26. The smallest absolute Gasteiger partial charge is 0.118 e. The Kier molecular flexibility index (Phi) is 7.13. The molecule has 2 saturated heterocycles. The molecule has 2 fully saturated rings. The molecule has 2 atom stereocenters. The van der Waals surface area contributed by atoms with Gasteiger partial charge in [-0.1, -0.05) is 24.0 Å². The van der Waals surface area contributed by atoms with Gasteiger partial charge in [-0.05, 0) is 30.7 Å². The van der Waals surface area contributed by atoms with Gasteiger partial charge in [-0.3, -0.25) is 4.90 Å². The predicted octanol–water partition coefficient (Wildman–Crippen LogP) is 1.49. The van der Waals surface area contributed by atoms with Crippen LogP contribution in [0.15, 0.2) is 24.3 Å². The van der Waals surface area contributed by atoms with E-state index >= 15 is 0 Å². The second kappa shape index (κ2) is 9.79. The van der Waals surface area contributed by atoms with E-state index in [2.05, 4.69) is 34.2 Å². The lowest BCUT2D eigenvalue weighted by Crippen LogP contribution is -2.41. The Bertz CT molecular complexity index is 573. The first kappa shape index (κ1) is 18.2. The van der Waals surface area contributed by atoms with Crippen molar-refractivity contribution in [1.82, 2.24) is 10.2 Å². The number of ether oxygens (including phenoxy) is 3. The fourth-order valence-electron chi connectivity index (χ4n) is 3.36. The van der Waals surface area contributed by atoms with Gasteiger partial charge in [0.15, 0.2) is 0 Å². The van der Waals surface area contributed by atoms with Gasteiger partial charge in [0.05, 0.1) is 33.0 Å². The summed E-state index contributed by atoms with van der Waals surface area (Å²) in [4.78, 5) is 2.32. The highest BCUT2D eigenvalue weighted by atomic mass is 16.5. The largest absolute Gasteiger partial charge is 0.497 e. The Morgan fingerprint density at radius 3 is 2.76 bits per heavy atom. The van der Waals surface area contributed by atoms with Gasteiger partial charge in [0.25, 0.3) is 0 Å². The van der Waals surface area contributed by atoms with Crippen LogP contribution < -0.4 is 10.1 Å². The molecule has 0 saturated carbocycles. The Balaban J connectivity index is 1.49. The van der Waals surface area contributed by atoms with Gasteiger partial charge in [-0.25, -0.2) is 0 Å². The quantitative estimate of drug-likeness (QED) is 0.820. The highest BCUT2D eigenvalue weighted by molar-refractivity contribution is 5.30. The molecule has 2 aliphatic rings. The molecular formula is C20H28N2O3. The standard InChI is InChI=1S/C20H28N2O3/c1-23-18-6-4-17(5-7-18)19-8-9-21-16-20(19)25-13-3-2-10-22-11-14-24-15-12-22/h4-7,19-21H,8-16H2,1H3. The molecule has 1 aromatic carbocycles. The van der Waals surface area contributed by atoms with Crippen molar-refractivity contribution in [3.63, 3.8) is 0 Å². The van der Waals surface area contributed by atoms with E-state index < -0.39 is 0 Å². The second-order valence-corrected chi connectivity index (χ2v) is 6.46. The minimum atomic E-state index is 0.167. The van der Waals surface area contributed by atoms with Gasteiger partial charge >= 0.3 is 0 Å². The summed E-state index contributed by atoms with van der Waals surface area (Å²) in [7, 11) is 1.70. The van der Waals surface area contributed by atoms with Gasteiger partial charge in [-0.15, -0.1) is 0 Å². The Morgan fingerprint density at radius 1 is 1.20 bits per heavy atom. The van der Waals surface area contributed by atoms with Crippen molar-refractivity contribution >= 4 is 0 Å². The Labute approximate surface area is 150 Å². The van der Waals surface area contributed by atoms with Crippen molar-refractivity contribution in [3.8, 4) is 17.6 Å². The number of hydrogen-bond acceptors (Lipinski definition) is 5. The third-order valence-electron chi connectivity index (χ3n) is 4.87. The maximum Gasteiger partial charge on any atom is 0.118 e. The Morgan fingerprint density at radius 2 is 2.00 bits per heavy atom. The molecule has 1 N–H and O–H groups in total. The average molecular weight is 344 g/mol. The van der Waals surface area contributed by atoms with Crippen LogP contribution in [0.5, 0.6) is 5.75 Å².